The smallest absolute Gasteiger partial charge is 0.124 e. The molecule has 1 heterocycles. The number of ether oxygens (including phenoxy) is 1. The molecule has 1 aromatic carbocycles. The molecule has 4 nitrogen and oxygen atoms in total. The van der Waals surface area contributed by atoms with Crippen molar-refractivity contribution in [2.75, 3.05) is 39.8 Å². The summed E-state index contributed by atoms with van der Waals surface area (Å²) in [5.41, 5.74) is 9.88. The Hall–Kier alpha value is -1.10. The van der Waals surface area contributed by atoms with Crippen LogP contribution in [-0.4, -0.2) is 44.7 Å². The third kappa shape index (κ3) is 3.47. The molecule has 1 aliphatic rings. The standard InChI is InChI=1S/C15H25N3O/c1-11-8-13(9-12(2)15(11)19-3)14(16)10-18-6-4-17-5-7-18/h8-9,14,17H,4-7,10,16H2,1-3H3. The van der Waals surface area contributed by atoms with Crippen LogP contribution < -0.4 is 15.8 Å². The van der Waals surface area contributed by atoms with Crippen molar-refractivity contribution < 1.29 is 4.74 Å². The second-order valence-electron chi connectivity index (χ2n) is 5.35. The van der Waals surface area contributed by atoms with Crippen LogP contribution in [0.3, 0.4) is 0 Å². The number of rotatable bonds is 4. The molecule has 2 rings (SSSR count). The molecule has 4 heteroatoms. The van der Waals surface area contributed by atoms with Gasteiger partial charge in [-0.25, -0.2) is 0 Å². The molecule has 0 amide bonds. The topological polar surface area (TPSA) is 50.5 Å². The van der Waals surface area contributed by atoms with Crippen molar-refractivity contribution in [3.8, 4) is 5.75 Å². The van der Waals surface area contributed by atoms with Gasteiger partial charge >= 0.3 is 0 Å². The van der Waals surface area contributed by atoms with Gasteiger partial charge in [-0.15, -0.1) is 0 Å². The number of methoxy groups -OCH3 is 1. The zero-order valence-corrected chi connectivity index (χ0v) is 12.2. The summed E-state index contributed by atoms with van der Waals surface area (Å²) in [5.74, 6) is 0.970. The molecule has 1 aromatic rings. The van der Waals surface area contributed by atoms with E-state index in [1.807, 2.05) is 0 Å². The van der Waals surface area contributed by atoms with Crippen LogP contribution in [0.1, 0.15) is 22.7 Å². The molecular formula is C15H25N3O. The summed E-state index contributed by atoms with van der Waals surface area (Å²) in [6.07, 6.45) is 0. The Labute approximate surface area is 115 Å². The number of nitrogens with two attached hydrogens (primary N) is 1. The first kappa shape index (κ1) is 14.3. The molecule has 19 heavy (non-hydrogen) atoms. The van der Waals surface area contributed by atoms with Crippen LogP contribution in [0.4, 0.5) is 0 Å². The van der Waals surface area contributed by atoms with E-state index in [1.165, 1.54) is 5.56 Å². The lowest BCUT2D eigenvalue weighted by Crippen LogP contribution is -2.45. The van der Waals surface area contributed by atoms with Crippen molar-refractivity contribution in [2.24, 2.45) is 5.73 Å². The van der Waals surface area contributed by atoms with E-state index < -0.39 is 0 Å². The maximum absolute atomic E-state index is 6.35. The lowest BCUT2D eigenvalue weighted by Gasteiger charge is -2.30. The fraction of sp³-hybridized carbons (Fsp3) is 0.600. The average molecular weight is 263 g/mol. The fourth-order valence-corrected chi connectivity index (χ4v) is 2.80. The maximum atomic E-state index is 6.35. The van der Waals surface area contributed by atoms with Gasteiger partial charge in [0.2, 0.25) is 0 Å². The van der Waals surface area contributed by atoms with Crippen LogP contribution >= 0.6 is 0 Å². The minimum Gasteiger partial charge on any atom is -0.496 e. The van der Waals surface area contributed by atoms with Crippen molar-refractivity contribution in [3.05, 3.63) is 28.8 Å². The van der Waals surface area contributed by atoms with Gasteiger partial charge in [0.1, 0.15) is 5.75 Å². The Morgan fingerprint density at radius 1 is 1.26 bits per heavy atom. The van der Waals surface area contributed by atoms with E-state index in [0.717, 1.165) is 49.6 Å². The fourth-order valence-electron chi connectivity index (χ4n) is 2.80. The average Bonchev–Trinajstić information content (AvgIpc) is 2.39. The largest absolute Gasteiger partial charge is 0.496 e. The highest BCUT2D eigenvalue weighted by atomic mass is 16.5. The highest BCUT2D eigenvalue weighted by molar-refractivity contribution is 5.44. The Kier molecular flexibility index (Phi) is 4.80. The van der Waals surface area contributed by atoms with E-state index in [0.29, 0.717) is 0 Å². The summed E-state index contributed by atoms with van der Waals surface area (Å²) >= 11 is 0. The van der Waals surface area contributed by atoms with Gasteiger partial charge in [-0.3, -0.25) is 4.90 Å². The zero-order chi connectivity index (χ0) is 13.8. The van der Waals surface area contributed by atoms with Crippen LogP contribution in [0.15, 0.2) is 12.1 Å². The zero-order valence-electron chi connectivity index (χ0n) is 12.2. The van der Waals surface area contributed by atoms with Gasteiger partial charge in [-0.05, 0) is 30.5 Å². The minimum absolute atomic E-state index is 0.0707. The van der Waals surface area contributed by atoms with E-state index in [1.54, 1.807) is 7.11 Å². The second kappa shape index (κ2) is 6.37. The first-order valence-corrected chi connectivity index (χ1v) is 6.95. The lowest BCUT2D eigenvalue weighted by atomic mass is 10.00. The van der Waals surface area contributed by atoms with Gasteiger partial charge < -0.3 is 15.8 Å². The van der Waals surface area contributed by atoms with E-state index >= 15 is 0 Å². The quantitative estimate of drug-likeness (QED) is 0.857. The molecule has 1 aliphatic heterocycles. The molecule has 1 atom stereocenters. The first-order valence-electron chi connectivity index (χ1n) is 6.95. The number of benzene rings is 1. The van der Waals surface area contributed by atoms with Gasteiger partial charge in [-0.1, -0.05) is 12.1 Å². The van der Waals surface area contributed by atoms with Gasteiger partial charge in [0.25, 0.3) is 0 Å². The number of hydrogen-bond acceptors (Lipinski definition) is 4. The predicted molar refractivity (Wildman–Crippen MR) is 78.7 cm³/mol. The maximum Gasteiger partial charge on any atom is 0.124 e. The van der Waals surface area contributed by atoms with Gasteiger partial charge in [0.05, 0.1) is 7.11 Å². The van der Waals surface area contributed by atoms with Crippen molar-refractivity contribution in [1.82, 2.24) is 10.2 Å². The summed E-state index contributed by atoms with van der Waals surface area (Å²) < 4.78 is 5.40. The molecule has 0 spiro atoms. The van der Waals surface area contributed by atoms with Crippen molar-refractivity contribution >= 4 is 0 Å². The van der Waals surface area contributed by atoms with Crippen molar-refractivity contribution in [1.29, 1.82) is 0 Å². The lowest BCUT2D eigenvalue weighted by molar-refractivity contribution is 0.228. The molecule has 1 saturated heterocycles. The van der Waals surface area contributed by atoms with Crippen LogP contribution in [0, 0.1) is 13.8 Å². The summed E-state index contributed by atoms with van der Waals surface area (Å²) in [7, 11) is 1.72. The Bertz CT molecular complexity index is 404. The highest BCUT2D eigenvalue weighted by Crippen LogP contribution is 2.26. The van der Waals surface area contributed by atoms with Gasteiger partial charge in [0.15, 0.2) is 0 Å². The summed E-state index contributed by atoms with van der Waals surface area (Å²) in [6, 6.07) is 4.37. The number of nitrogens with zero attached hydrogens (tertiary/aromatic N) is 1. The van der Waals surface area contributed by atoms with E-state index in [4.69, 9.17) is 10.5 Å². The van der Waals surface area contributed by atoms with Crippen LogP contribution in [0.2, 0.25) is 0 Å². The summed E-state index contributed by atoms with van der Waals surface area (Å²) in [6.45, 7) is 9.37. The Balaban J connectivity index is 2.08. The molecule has 1 fully saturated rings. The van der Waals surface area contributed by atoms with Crippen LogP contribution in [0.25, 0.3) is 0 Å². The third-order valence-electron chi connectivity index (χ3n) is 3.78. The number of piperazine rings is 1. The van der Waals surface area contributed by atoms with Crippen molar-refractivity contribution in [3.63, 3.8) is 0 Å². The Morgan fingerprint density at radius 3 is 2.37 bits per heavy atom. The molecular weight excluding hydrogens is 238 g/mol. The molecule has 0 aliphatic carbocycles. The predicted octanol–water partition coefficient (Wildman–Crippen LogP) is 1.22. The molecule has 106 valence electrons. The normalized spacial score (nSPS) is 18.3. The SMILES string of the molecule is COc1c(C)cc(C(N)CN2CCNCC2)cc1C. The first-order chi connectivity index (χ1) is 9.11. The molecule has 0 bridgehead atoms. The van der Waals surface area contributed by atoms with Gasteiger partial charge in [0, 0.05) is 38.8 Å². The minimum atomic E-state index is 0.0707. The van der Waals surface area contributed by atoms with E-state index in [-0.39, 0.29) is 6.04 Å². The summed E-state index contributed by atoms with van der Waals surface area (Å²) in [4.78, 5) is 2.43. The van der Waals surface area contributed by atoms with E-state index in [9.17, 15) is 0 Å². The monoisotopic (exact) mass is 263 g/mol. The number of nitrogens with one attached hydrogen (secondary N) is 1. The summed E-state index contributed by atoms with van der Waals surface area (Å²) in [5, 5.41) is 3.36. The Morgan fingerprint density at radius 2 is 1.84 bits per heavy atom. The molecule has 0 saturated carbocycles. The van der Waals surface area contributed by atoms with Crippen molar-refractivity contribution in [2.45, 2.75) is 19.9 Å². The molecule has 1 unspecified atom stereocenters. The second-order valence-corrected chi connectivity index (χ2v) is 5.35. The number of aryl methyl sites for hydroxylation is 2. The van der Waals surface area contributed by atoms with Crippen LogP contribution in [-0.2, 0) is 0 Å². The third-order valence-corrected chi connectivity index (χ3v) is 3.78. The molecule has 3 N–H and O–H groups in total. The number of hydrogen-bond donors (Lipinski definition) is 2. The van der Waals surface area contributed by atoms with Crippen LogP contribution in [0.5, 0.6) is 5.75 Å². The van der Waals surface area contributed by atoms with Gasteiger partial charge in [-0.2, -0.15) is 0 Å². The van der Waals surface area contributed by atoms with E-state index in [2.05, 4.69) is 36.2 Å². The molecule has 0 radical (unpaired) electrons. The molecule has 0 aromatic heterocycles. The highest BCUT2D eigenvalue weighted by Gasteiger charge is 2.16.